The van der Waals surface area contributed by atoms with Crippen LogP contribution in [-0.4, -0.2) is 125 Å². The Morgan fingerprint density at radius 3 is 2.14 bits per heavy atom. The molecular formula is C59H92N8O9. The zero-order valence-corrected chi connectivity index (χ0v) is 47.3. The topological polar surface area (TPSA) is 230 Å². The van der Waals surface area contributed by atoms with Crippen LogP contribution < -0.4 is 27.0 Å². The van der Waals surface area contributed by atoms with E-state index in [1.807, 2.05) is 33.2 Å². The van der Waals surface area contributed by atoms with Gasteiger partial charge in [-0.2, -0.15) is 0 Å². The molecule has 6 N–H and O–H groups in total. The van der Waals surface area contributed by atoms with Crippen molar-refractivity contribution < 1.29 is 43.1 Å². The quantitative estimate of drug-likeness (QED) is 0.0649. The monoisotopic (exact) mass is 1060 g/mol. The molecule has 76 heavy (non-hydrogen) atoms. The molecule has 0 aromatic rings. The normalized spacial score (nSPS) is 30.5. The van der Waals surface area contributed by atoms with E-state index in [1.54, 1.807) is 11.1 Å². The molecule has 0 radical (unpaired) electrons. The summed E-state index contributed by atoms with van der Waals surface area (Å²) in [7, 11) is 1.82. The van der Waals surface area contributed by atoms with E-state index >= 15 is 0 Å². The van der Waals surface area contributed by atoms with Crippen LogP contribution in [0.1, 0.15) is 171 Å². The van der Waals surface area contributed by atoms with E-state index in [9.17, 15) is 38.4 Å². The van der Waals surface area contributed by atoms with Crippen LogP contribution in [0.2, 0.25) is 0 Å². The van der Waals surface area contributed by atoms with Crippen LogP contribution in [0.25, 0.3) is 0 Å². The molecule has 3 saturated carbocycles. The Bertz CT molecular complexity index is 2280. The number of amides is 7. The lowest BCUT2D eigenvalue weighted by Crippen LogP contribution is -2.59. The first-order valence-corrected chi connectivity index (χ1v) is 29.1. The third kappa shape index (κ3) is 13.4. The maximum absolute atomic E-state index is 14.4. The summed E-state index contributed by atoms with van der Waals surface area (Å²) in [5.74, 6) is -0.0170. The molecule has 7 amide bonds. The molecule has 3 heterocycles. The van der Waals surface area contributed by atoms with Crippen molar-refractivity contribution >= 4 is 47.3 Å². The molecule has 8 unspecified atom stereocenters. The first-order valence-electron chi connectivity index (χ1n) is 29.1. The number of carbonyl (C=O) groups is 8. The summed E-state index contributed by atoms with van der Waals surface area (Å²) >= 11 is 0. The molecule has 0 spiro atoms. The van der Waals surface area contributed by atoms with Crippen molar-refractivity contribution in [2.24, 2.45) is 58.0 Å². The van der Waals surface area contributed by atoms with Gasteiger partial charge in [-0.25, -0.2) is 0 Å². The molecule has 17 nitrogen and oxygen atoms in total. The van der Waals surface area contributed by atoms with E-state index in [-0.39, 0.29) is 55.7 Å². The summed E-state index contributed by atoms with van der Waals surface area (Å²) in [4.78, 5) is 113. The minimum Gasteiger partial charge on any atom is -0.461 e. The van der Waals surface area contributed by atoms with E-state index in [2.05, 4.69) is 62.0 Å². The lowest BCUT2D eigenvalue weighted by Gasteiger charge is -2.58. The summed E-state index contributed by atoms with van der Waals surface area (Å²) < 4.78 is 6.06. The molecule has 3 aliphatic heterocycles. The van der Waals surface area contributed by atoms with Gasteiger partial charge in [0.15, 0.2) is 0 Å². The largest absolute Gasteiger partial charge is 0.461 e. The van der Waals surface area contributed by atoms with Crippen LogP contribution in [0.3, 0.4) is 0 Å². The summed E-state index contributed by atoms with van der Waals surface area (Å²) in [6, 6.07) is -5.19. The smallest absolute Gasteiger partial charge is 0.325 e. The van der Waals surface area contributed by atoms with Crippen molar-refractivity contribution in [2.75, 3.05) is 26.7 Å². The molecule has 13 atom stereocenters. The van der Waals surface area contributed by atoms with Crippen molar-refractivity contribution in [3.63, 3.8) is 0 Å². The van der Waals surface area contributed by atoms with Crippen LogP contribution in [0.4, 0.5) is 0 Å². The zero-order chi connectivity index (χ0) is 55.2. The van der Waals surface area contributed by atoms with E-state index < -0.39 is 71.6 Å². The maximum Gasteiger partial charge on any atom is 0.325 e. The van der Waals surface area contributed by atoms with Gasteiger partial charge in [-0.3, -0.25) is 38.4 Å². The number of fused-ring (bicyclic) bond motifs is 5. The second kappa shape index (κ2) is 25.1. The number of carbonyl (C=O) groups excluding carboxylic acids is 8. The van der Waals surface area contributed by atoms with Crippen molar-refractivity contribution in [1.29, 1.82) is 0 Å². The third-order valence-corrected chi connectivity index (χ3v) is 19.1. The van der Waals surface area contributed by atoms with Gasteiger partial charge in [0.1, 0.15) is 42.9 Å². The fraction of sp³-hybridized carbons (Fsp3) is 0.763. The van der Waals surface area contributed by atoms with Gasteiger partial charge >= 0.3 is 5.97 Å². The molecule has 0 bridgehead atoms. The molecule has 7 aliphatic rings. The predicted octanol–water partition coefficient (Wildman–Crippen LogP) is 6.17. The average molecular weight is 1060 g/mol. The fourth-order valence-corrected chi connectivity index (χ4v) is 15.0. The number of esters is 1. The Labute approximate surface area is 452 Å². The van der Waals surface area contributed by atoms with Crippen LogP contribution in [-0.2, 0) is 43.1 Å². The number of likely N-dealkylation sites (tertiary alicyclic amines) is 2. The first kappa shape index (κ1) is 58.5. The Hall–Kier alpha value is -5.22. The highest BCUT2D eigenvalue weighted by molar-refractivity contribution is 5.99. The van der Waals surface area contributed by atoms with Crippen molar-refractivity contribution in [2.45, 2.75) is 207 Å². The molecule has 0 aromatic heterocycles. The molecule has 0 aromatic carbocycles. The van der Waals surface area contributed by atoms with Gasteiger partial charge < -0.3 is 46.4 Å². The molecule has 4 aliphatic carbocycles. The summed E-state index contributed by atoms with van der Waals surface area (Å²) in [6.45, 7) is 17.8. The van der Waals surface area contributed by atoms with Crippen molar-refractivity contribution in [1.82, 2.24) is 36.0 Å². The minimum absolute atomic E-state index is 0.0724. The number of hydrogen-bond acceptors (Lipinski definition) is 10. The molecular weight excluding hydrogens is 965 g/mol. The second-order valence-corrected chi connectivity index (χ2v) is 25.3. The van der Waals surface area contributed by atoms with Gasteiger partial charge in [-0.15, -0.1) is 0 Å². The van der Waals surface area contributed by atoms with Crippen molar-refractivity contribution in [3.8, 4) is 0 Å². The highest BCUT2D eigenvalue weighted by Gasteiger charge is 2.59. The number of ether oxygens (including phenoxy) is 1. The maximum atomic E-state index is 14.4. The molecule has 5 fully saturated rings. The van der Waals surface area contributed by atoms with E-state index in [0.29, 0.717) is 67.9 Å². The number of rotatable bonds is 21. The zero-order valence-electron chi connectivity index (χ0n) is 47.3. The fourth-order valence-electron chi connectivity index (χ4n) is 15.0. The standard InChI is InChI=1S/C59H92N8O9/c1-35(2)16-17-37(5)43-20-21-44-42-19-18-40-32-41(24-26-58(40,7)45(42)25-27-59(43,44)8)76-51(69)33-61-54(72)48-14-11-30-67(48)57(75)47(31-36(3)4)64-53(71)46(22-23-50(60)68)63-52(70)38(6)62-55(73)49-15-12-29-66(49)56(74)39-13-10-28-65(9)34-39/h10,18,28,34-38,41-49H,11-17,19-27,29-33H2,1-9H3,(H2,60,68)(H,61,72)(H,62,73)(H,63,70)(H,64,71)/t37?,38-,41?,42?,43?,44?,45?,46-,47-,48-,49-,58?,59?/m0/s1. The SMILES string of the molecule is CC(C)CCC(C)C1CCC2C3CC=C4CC(OC(=O)CNC(=O)[C@@H]5CCCN5C(=O)[C@H](CC(C)C)NC(=O)[C@H](CCC(N)=O)NC(=O)[C@H](C)NC(=O)[C@@H]5CCCN5C(=O)C5=CN(C)C=CC5)CCC4(C)C3CCC12C. The summed E-state index contributed by atoms with van der Waals surface area (Å²) in [6.07, 6.45) is 21.3. The van der Waals surface area contributed by atoms with Gasteiger partial charge in [-0.1, -0.05) is 79.0 Å². The highest BCUT2D eigenvalue weighted by Crippen LogP contribution is 2.67. The Balaban J connectivity index is 0.904. The number of nitrogens with two attached hydrogens (primary N) is 1. The van der Waals surface area contributed by atoms with E-state index in [1.165, 1.54) is 60.8 Å². The average Bonchev–Trinajstić information content (AvgIpc) is 4.21. The molecule has 7 rings (SSSR count). The number of nitrogens with one attached hydrogen (secondary N) is 4. The lowest BCUT2D eigenvalue weighted by atomic mass is 9.47. The Kier molecular flexibility index (Phi) is 19.3. The number of primary amides is 1. The minimum atomic E-state index is -1.31. The summed E-state index contributed by atoms with van der Waals surface area (Å²) in [5, 5.41) is 10.9. The number of hydrogen-bond donors (Lipinski definition) is 5. The van der Waals surface area contributed by atoms with Crippen LogP contribution in [0.15, 0.2) is 35.7 Å². The van der Waals surface area contributed by atoms with Gasteiger partial charge in [0.25, 0.3) is 5.91 Å². The lowest BCUT2D eigenvalue weighted by molar-refractivity contribution is -0.152. The third-order valence-electron chi connectivity index (χ3n) is 19.1. The van der Waals surface area contributed by atoms with E-state index in [4.69, 9.17) is 10.5 Å². The van der Waals surface area contributed by atoms with Crippen LogP contribution in [0, 0.1) is 52.3 Å². The Morgan fingerprint density at radius 2 is 1.46 bits per heavy atom. The number of nitrogens with zero attached hydrogens (tertiary/aromatic N) is 3. The summed E-state index contributed by atoms with van der Waals surface area (Å²) in [5.41, 5.74) is 7.97. The number of allylic oxidation sites excluding steroid dienone is 2. The Morgan fingerprint density at radius 1 is 0.763 bits per heavy atom. The predicted molar refractivity (Wildman–Crippen MR) is 290 cm³/mol. The van der Waals surface area contributed by atoms with Gasteiger partial charge in [0.2, 0.25) is 35.4 Å². The van der Waals surface area contributed by atoms with E-state index in [0.717, 1.165) is 42.9 Å². The van der Waals surface area contributed by atoms with Gasteiger partial charge in [-0.05, 0) is 155 Å². The van der Waals surface area contributed by atoms with Gasteiger partial charge in [0, 0.05) is 44.8 Å². The molecule has 422 valence electrons. The van der Waals surface area contributed by atoms with Crippen LogP contribution >= 0.6 is 0 Å². The van der Waals surface area contributed by atoms with Crippen LogP contribution in [0.5, 0.6) is 0 Å². The second-order valence-electron chi connectivity index (χ2n) is 25.3. The first-order chi connectivity index (χ1) is 36.0. The van der Waals surface area contributed by atoms with Crippen molar-refractivity contribution in [3.05, 3.63) is 35.7 Å². The van der Waals surface area contributed by atoms with Gasteiger partial charge in [0.05, 0.1) is 0 Å². The molecule has 2 saturated heterocycles. The highest BCUT2D eigenvalue weighted by atomic mass is 16.5. The molecule has 17 heteroatoms.